The summed E-state index contributed by atoms with van der Waals surface area (Å²) < 4.78 is 1.06. The van der Waals surface area contributed by atoms with Crippen LogP contribution in [0.3, 0.4) is 0 Å². The second kappa shape index (κ2) is 5.74. The number of nitrogens with two attached hydrogens (primary N) is 1. The quantitative estimate of drug-likeness (QED) is 0.844. The van der Waals surface area contributed by atoms with Gasteiger partial charge in [-0.05, 0) is 59.3 Å². The zero-order valence-corrected chi connectivity index (χ0v) is 11.5. The third-order valence-electron chi connectivity index (χ3n) is 3.37. The van der Waals surface area contributed by atoms with Gasteiger partial charge in [0.2, 0.25) is 0 Å². The molecule has 0 saturated carbocycles. The van der Waals surface area contributed by atoms with Crippen LogP contribution >= 0.6 is 15.9 Å². The van der Waals surface area contributed by atoms with Gasteiger partial charge in [-0.1, -0.05) is 0 Å². The molecule has 1 aromatic rings. The third kappa shape index (κ3) is 3.13. The van der Waals surface area contributed by atoms with E-state index in [4.69, 9.17) is 10.8 Å². The van der Waals surface area contributed by atoms with E-state index in [1.54, 1.807) is 0 Å². The molecule has 17 heavy (non-hydrogen) atoms. The largest absolute Gasteiger partial charge is 0.399 e. The van der Waals surface area contributed by atoms with Gasteiger partial charge in [-0.3, -0.25) is 0 Å². The summed E-state index contributed by atoms with van der Waals surface area (Å²) >= 11 is 3.57. The Balaban J connectivity index is 2.10. The zero-order valence-electron chi connectivity index (χ0n) is 9.90. The van der Waals surface area contributed by atoms with Crippen LogP contribution in [0.15, 0.2) is 22.7 Å². The van der Waals surface area contributed by atoms with E-state index in [0.29, 0.717) is 12.5 Å². The molecule has 94 valence electrons. The number of aliphatic hydroxyl groups excluding tert-OH is 1. The Bertz CT molecular complexity index is 382. The van der Waals surface area contributed by atoms with Gasteiger partial charge in [-0.25, -0.2) is 0 Å². The number of benzene rings is 1. The number of halogens is 1. The van der Waals surface area contributed by atoms with Crippen LogP contribution in [0, 0.1) is 5.92 Å². The molecule has 4 heteroatoms. The van der Waals surface area contributed by atoms with Crippen LogP contribution in [0.5, 0.6) is 0 Å². The van der Waals surface area contributed by atoms with Crippen LogP contribution in [-0.2, 0) is 0 Å². The Labute approximate surface area is 111 Å². The minimum absolute atomic E-state index is 0.293. The van der Waals surface area contributed by atoms with Crippen molar-refractivity contribution in [2.75, 3.05) is 30.3 Å². The Kier molecular flexibility index (Phi) is 4.29. The molecule has 1 saturated heterocycles. The van der Waals surface area contributed by atoms with Gasteiger partial charge in [-0.2, -0.15) is 0 Å². The molecular formula is C13H19BrN2O. The average Bonchev–Trinajstić information content (AvgIpc) is 2.29. The van der Waals surface area contributed by atoms with Crippen molar-refractivity contribution < 1.29 is 5.11 Å². The summed E-state index contributed by atoms with van der Waals surface area (Å²) in [7, 11) is 0. The van der Waals surface area contributed by atoms with E-state index in [1.807, 2.05) is 12.1 Å². The highest BCUT2D eigenvalue weighted by Gasteiger charge is 2.20. The first-order valence-electron chi connectivity index (χ1n) is 6.11. The Morgan fingerprint density at radius 3 is 3.00 bits per heavy atom. The molecule has 0 radical (unpaired) electrons. The summed E-state index contributed by atoms with van der Waals surface area (Å²) in [6.45, 7) is 2.41. The van der Waals surface area contributed by atoms with Gasteiger partial charge in [0.15, 0.2) is 0 Å². The predicted molar refractivity (Wildman–Crippen MR) is 75.2 cm³/mol. The lowest BCUT2D eigenvalue weighted by Gasteiger charge is -2.35. The number of hydrogen-bond donors (Lipinski definition) is 2. The Hall–Kier alpha value is -0.740. The van der Waals surface area contributed by atoms with Crippen LogP contribution in [0.1, 0.15) is 19.3 Å². The molecule has 0 amide bonds. The lowest BCUT2D eigenvalue weighted by Crippen LogP contribution is -2.35. The maximum Gasteiger partial charge on any atom is 0.0512 e. The Morgan fingerprint density at radius 2 is 2.29 bits per heavy atom. The highest BCUT2D eigenvalue weighted by Crippen LogP contribution is 2.32. The molecule has 1 fully saturated rings. The molecule has 1 aliphatic heterocycles. The number of nitrogen functional groups attached to an aromatic ring is 1. The minimum atomic E-state index is 0.293. The van der Waals surface area contributed by atoms with Gasteiger partial charge in [0, 0.05) is 29.9 Å². The summed E-state index contributed by atoms with van der Waals surface area (Å²) in [5.74, 6) is 0.609. The maximum atomic E-state index is 9.02. The van der Waals surface area contributed by atoms with Crippen molar-refractivity contribution in [1.29, 1.82) is 0 Å². The molecule has 1 aromatic carbocycles. The summed E-state index contributed by atoms with van der Waals surface area (Å²) in [6.07, 6.45) is 3.33. The van der Waals surface area contributed by atoms with Crippen molar-refractivity contribution in [2.45, 2.75) is 19.3 Å². The van der Waals surface area contributed by atoms with Gasteiger partial charge in [0.05, 0.1) is 5.69 Å². The molecule has 3 nitrogen and oxygen atoms in total. The fourth-order valence-electron chi connectivity index (χ4n) is 2.48. The monoisotopic (exact) mass is 298 g/mol. The number of aliphatic hydroxyl groups is 1. The molecule has 1 atom stereocenters. The highest BCUT2D eigenvalue weighted by molar-refractivity contribution is 9.10. The third-order valence-corrected chi connectivity index (χ3v) is 4.00. The van der Waals surface area contributed by atoms with Gasteiger partial charge in [0.1, 0.15) is 0 Å². The molecule has 0 spiro atoms. The van der Waals surface area contributed by atoms with Crippen molar-refractivity contribution >= 4 is 27.3 Å². The molecule has 1 aliphatic rings. The summed E-state index contributed by atoms with van der Waals surface area (Å²) in [6, 6.07) is 5.96. The first-order valence-corrected chi connectivity index (χ1v) is 6.91. The Morgan fingerprint density at radius 1 is 1.47 bits per heavy atom. The lowest BCUT2D eigenvalue weighted by atomic mass is 9.95. The molecule has 0 bridgehead atoms. The number of anilines is 2. The summed E-state index contributed by atoms with van der Waals surface area (Å²) in [5.41, 5.74) is 7.74. The van der Waals surface area contributed by atoms with Gasteiger partial charge >= 0.3 is 0 Å². The van der Waals surface area contributed by atoms with Gasteiger partial charge in [0.25, 0.3) is 0 Å². The van der Waals surface area contributed by atoms with Gasteiger partial charge < -0.3 is 15.7 Å². The van der Waals surface area contributed by atoms with E-state index >= 15 is 0 Å². The SMILES string of the molecule is Nc1ccc(N2CCCC(CCO)C2)c(Br)c1. The molecule has 0 aromatic heterocycles. The summed E-state index contributed by atoms with van der Waals surface area (Å²) in [5, 5.41) is 9.02. The molecule has 1 unspecified atom stereocenters. The molecule has 3 N–H and O–H groups in total. The highest BCUT2D eigenvalue weighted by atomic mass is 79.9. The molecular weight excluding hydrogens is 280 g/mol. The van der Waals surface area contributed by atoms with Crippen molar-refractivity contribution in [3.05, 3.63) is 22.7 Å². The lowest BCUT2D eigenvalue weighted by molar-refractivity contribution is 0.244. The van der Waals surface area contributed by atoms with E-state index in [9.17, 15) is 0 Å². The standard InChI is InChI=1S/C13H19BrN2O/c14-12-8-11(15)3-4-13(12)16-6-1-2-10(9-16)5-7-17/h3-4,8,10,17H,1-2,5-7,9,15H2. The molecule has 1 heterocycles. The smallest absolute Gasteiger partial charge is 0.0512 e. The van der Waals surface area contributed by atoms with Crippen molar-refractivity contribution in [3.63, 3.8) is 0 Å². The number of rotatable bonds is 3. The zero-order chi connectivity index (χ0) is 12.3. The fourth-order valence-corrected chi connectivity index (χ4v) is 3.13. The van der Waals surface area contributed by atoms with Crippen LogP contribution in [0.4, 0.5) is 11.4 Å². The van der Waals surface area contributed by atoms with Crippen LogP contribution < -0.4 is 10.6 Å². The number of hydrogen-bond acceptors (Lipinski definition) is 3. The van der Waals surface area contributed by atoms with Crippen LogP contribution in [0.25, 0.3) is 0 Å². The van der Waals surface area contributed by atoms with E-state index in [0.717, 1.165) is 29.7 Å². The van der Waals surface area contributed by atoms with Crippen LogP contribution in [-0.4, -0.2) is 24.8 Å². The van der Waals surface area contributed by atoms with E-state index in [1.165, 1.54) is 18.5 Å². The second-order valence-electron chi connectivity index (χ2n) is 4.68. The number of piperidine rings is 1. The van der Waals surface area contributed by atoms with Crippen molar-refractivity contribution in [1.82, 2.24) is 0 Å². The maximum absolute atomic E-state index is 9.02. The minimum Gasteiger partial charge on any atom is -0.399 e. The van der Waals surface area contributed by atoms with Gasteiger partial charge in [-0.15, -0.1) is 0 Å². The molecule has 0 aliphatic carbocycles. The normalized spacial score (nSPS) is 20.6. The fraction of sp³-hybridized carbons (Fsp3) is 0.538. The van der Waals surface area contributed by atoms with E-state index in [2.05, 4.69) is 26.9 Å². The van der Waals surface area contributed by atoms with Crippen molar-refractivity contribution in [3.8, 4) is 0 Å². The number of nitrogens with zero attached hydrogens (tertiary/aromatic N) is 1. The first kappa shape index (κ1) is 12.7. The van der Waals surface area contributed by atoms with Crippen molar-refractivity contribution in [2.24, 2.45) is 5.92 Å². The van der Waals surface area contributed by atoms with E-state index < -0.39 is 0 Å². The predicted octanol–water partition coefficient (Wildman–Crippen LogP) is 2.63. The van der Waals surface area contributed by atoms with E-state index in [-0.39, 0.29) is 0 Å². The summed E-state index contributed by atoms with van der Waals surface area (Å²) in [4.78, 5) is 2.38. The topological polar surface area (TPSA) is 49.5 Å². The van der Waals surface area contributed by atoms with Crippen LogP contribution in [0.2, 0.25) is 0 Å². The average molecular weight is 299 g/mol. The first-order chi connectivity index (χ1) is 8.20. The second-order valence-corrected chi connectivity index (χ2v) is 5.53. The molecule has 2 rings (SSSR count).